The number of carbonyl (C=O) groups excluding carboxylic acids is 1. The molecule has 2 atom stereocenters. The second kappa shape index (κ2) is 9.65. The van der Waals surface area contributed by atoms with Crippen LogP contribution in [0.4, 0.5) is 9.18 Å². The van der Waals surface area contributed by atoms with Crippen molar-refractivity contribution >= 4 is 12.1 Å². The monoisotopic (exact) mass is 377 g/mol. The molecule has 0 saturated carbocycles. The molecule has 0 aliphatic carbocycles. The standard InChI is InChI=1S/C19H20FNO6/c20-15-8-13(9-17(23)24)6-7-14(15)18(25)16(22)10-21-19(26)27-11-12-4-2-1-3-5-12/h1-8,16,18,22,25H,9-11H2,(H,21,26)(H,23,24). The highest BCUT2D eigenvalue weighted by molar-refractivity contribution is 5.70. The molecule has 0 spiro atoms. The fourth-order valence-electron chi connectivity index (χ4n) is 2.38. The molecule has 0 aromatic heterocycles. The van der Waals surface area contributed by atoms with Crippen LogP contribution in [0.5, 0.6) is 0 Å². The average Bonchev–Trinajstić information content (AvgIpc) is 2.64. The Kier molecular flexibility index (Phi) is 7.27. The summed E-state index contributed by atoms with van der Waals surface area (Å²) >= 11 is 0. The molecule has 4 N–H and O–H groups in total. The van der Waals surface area contributed by atoms with E-state index in [0.717, 1.165) is 11.6 Å². The van der Waals surface area contributed by atoms with E-state index in [-0.39, 0.29) is 30.7 Å². The number of hydrogen-bond donors (Lipinski definition) is 4. The van der Waals surface area contributed by atoms with Gasteiger partial charge in [0, 0.05) is 12.1 Å². The fourth-order valence-corrected chi connectivity index (χ4v) is 2.38. The van der Waals surface area contributed by atoms with Gasteiger partial charge in [-0.2, -0.15) is 0 Å². The number of carbonyl (C=O) groups is 2. The number of amides is 1. The third-order valence-corrected chi connectivity index (χ3v) is 3.77. The van der Waals surface area contributed by atoms with Crippen LogP contribution in [0, 0.1) is 5.82 Å². The summed E-state index contributed by atoms with van der Waals surface area (Å²) in [7, 11) is 0. The highest BCUT2D eigenvalue weighted by Crippen LogP contribution is 2.21. The van der Waals surface area contributed by atoms with Gasteiger partial charge < -0.3 is 25.4 Å². The SMILES string of the molecule is O=C(O)Cc1ccc(C(O)C(O)CNC(=O)OCc2ccccc2)c(F)c1. The smallest absolute Gasteiger partial charge is 0.407 e. The van der Waals surface area contributed by atoms with Crippen LogP contribution < -0.4 is 5.32 Å². The maximum Gasteiger partial charge on any atom is 0.407 e. The summed E-state index contributed by atoms with van der Waals surface area (Å²) in [5.74, 6) is -1.95. The molecule has 0 bridgehead atoms. The molecule has 7 nitrogen and oxygen atoms in total. The van der Waals surface area contributed by atoms with E-state index in [4.69, 9.17) is 9.84 Å². The van der Waals surface area contributed by atoms with E-state index in [1.54, 1.807) is 24.3 Å². The minimum absolute atomic E-state index is 0.0466. The Labute approximate surface area is 155 Å². The van der Waals surface area contributed by atoms with Crippen LogP contribution in [-0.4, -0.2) is 40.0 Å². The molecule has 0 saturated heterocycles. The minimum Gasteiger partial charge on any atom is -0.481 e. The van der Waals surface area contributed by atoms with Crippen LogP contribution in [0.25, 0.3) is 0 Å². The summed E-state index contributed by atoms with van der Waals surface area (Å²) in [6, 6.07) is 12.5. The molecule has 2 aromatic rings. The Morgan fingerprint density at radius 3 is 2.41 bits per heavy atom. The lowest BCUT2D eigenvalue weighted by atomic mass is 10.0. The minimum atomic E-state index is -1.60. The van der Waals surface area contributed by atoms with Crippen molar-refractivity contribution in [3.8, 4) is 0 Å². The van der Waals surface area contributed by atoms with Gasteiger partial charge in [0.2, 0.25) is 0 Å². The molecule has 2 unspecified atom stereocenters. The molecule has 2 aromatic carbocycles. The summed E-state index contributed by atoms with van der Waals surface area (Å²) in [4.78, 5) is 22.3. The molecule has 0 aliphatic heterocycles. The van der Waals surface area contributed by atoms with Crippen LogP contribution in [0.1, 0.15) is 22.8 Å². The number of carboxylic acid groups (broad SMARTS) is 1. The Morgan fingerprint density at radius 1 is 1.07 bits per heavy atom. The normalized spacial score (nSPS) is 12.9. The molecule has 2 rings (SSSR count). The molecule has 0 radical (unpaired) electrons. The predicted octanol–water partition coefficient (Wildman–Crippen LogP) is 1.77. The molecule has 0 heterocycles. The van der Waals surface area contributed by atoms with E-state index < -0.39 is 30.1 Å². The van der Waals surface area contributed by atoms with Crippen LogP contribution in [0.15, 0.2) is 48.5 Å². The van der Waals surface area contributed by atoms with Crippen molar-refractivity contribution in [3.63, 3.8) is 0 Å². The van der Waals surface area contributed by atoms with Crippen molar-refractivity contribution in [1.29, 1.82) is 0 Å². The quantitative estimate of drug-likeness (QED) is 0.557. The first-order valence-electron chi connectivity index (χ1n) is 8.17. The third-order valence-electron chi connectivity index (χ3n) is 3.77. The summed E-state index contributed by atoms with van der Waals surface area (Å²) in [6.45, 7) is -0.309. The highest BCUT2D eigenvalue weighted by atomic mass is 19.1. The van der Waals surface area contributed by atoms with Crippen LogP contribution in [0.3, 0.4) is 0 Å². The number of aliphatic hydroxyl groups is 2. The number of aliphatic carboxylic acids is 1. The molecular formula is C19H20FNO6. The number of benzene rings is 2. The molecule has 0 fully saturated rings. The maximum absolute atomic E-state index is 14.0. The second-order valence-electron chi connectivity index (χ2n) is 5.88. The third kappa shape index (κ3) is 6.36. The maximum atomic E-state index is 14.0. The van der Waals surface area contributed by atoms with Gasteiger partial charge in [0.1, 0.15) is 24.6 Å². The van der Waals surface area contributed by atoms with E-state index in [9.17, 15) is 24.2 Å². The van der Waals surface area contributed by atoms with E-state index in [2.05, 4.69) is 5.32 Å². The van der Waals surface area contributed by atoms with E-state index >= 15 is 0 Å². The number of aliphatic hydroxyl groups excluding tert-OH is 2. The Hall–Kier alpha value is -2.97. The van der Waals surface area contributed by atoms with Crippen LogP contribution in [0.2, 0.25) is 0 Å². The zero-order valence-electron chi connectivity index (χ0n) is 14.3. The van der Waals surface area contributed by atoms with Gasteiger partial charge in [-0.3, -0.25) is 4.79 Å². The Morgan fingerprint density at radius 2 is 1.78 bits per heavy atom. The van der Waals surface area contributed by atoms with Crippen molar-refractivity contribution in [2.75, 3.05) is 6.54 Å². The topological polar surface area (TPSA) is 116 Å². The zero-order valence-corrected chi connectivity index (χ0v) is 14.3. The van der Waals surface area contributed by atoms with Gasteiger partial charge in [-0.05, 0) is 17.2 Å². The fraction of sp³-hybridized carbons (Fsp3) is 0.263. The van der Waals surface area contributed by atoms with Crippen LogP contribution >= 0.6 is 0 Å². The number of carboxylic acids is 1. The second-order valence-corrected chi connectivity index (χ2v) is 5.88. The van der Waals surface area contributed by atoms with E-state index in [0.29, 0.717) is 0 Å². The summed E-state index contributed by atoms with van der Waals surface area (Å²) in [5.41, 5.74) is 0.820. The van der Waals surface area contributed by atoms with Crippen LogP contribution in [-0.2, 0) is 22.6 Å². The molecule has 8 heteroatoms. The van der Waals surface area contributed by atoms with Crippen molar-refractivity contribution < 1.29 is 34.0 Å². The summed E-state index contributed by atoms with van der Waals surface area (Å²) in [5, 5.41) is 31.0. The van der Waals surface area contributed by atoms with Gasteiger partial charge in [-0.1, -0.05) is 42.5 Å². The lowest BCUT2D eigenvalue weighted by Crippen LogP contribution is -2.36. The number of hydrogen-bond acceptors (Lipinski definition) is 5. The van der Waals surface area contributed by atoms with E-state index in [1.165, 1.54) is 12.1 Å². The van der Waals surface area contributed by atoms with Gasteiger partial charge in [0.05, 0.1) is 6.42 Å². The average molecular weight is 377 g/mol. The van der Waals surface area contributed by atoms with Gasteiger partial charge in [-0.25, -0.2) is 9.18 Å². The Balaban J connectivity index is 1.85. The van der Waals surface area contributed by atoms with Gasteiger partial charge >= 0.3 is 12.1 Å². The molecule has 1 amide bonds. The van der Waals surface area contributed by atoms with Crippen molar-refractivity contribution in [3.05, 3.63) is 71.0 Å². The predicted molar refractivity (Wildman–Crippen MR) is 93.3 cm³/mol. The van der Waals surface area contributed by atoms with Gasteiger partial charge in [-0.15, -0.1) is 0 Å². The zero-order chi connectivity index (χ0) is 19.8. The molecule has 144 valence electrons. The largest absolute Gasteiger partial charge is 0.481 e. The van der Waals surface area contributed by atoms with Crippen molar-refractivity contribution in [1.82, 2.24) is 5.32 Å². The lowest BCUT2D eigenvalue weighted by Gasteiger charge is -2.19. The molecular weight excluding hydrogens is 357 g/mol. The number of ether oxygens (including phenoxy) is 1. The highest BCUT2D eigenvalue weighted by Gasteiger charge is 2.22. The number of nitrogens with one attached hydrogen (secondary N) is 1. The molecule has 27 heavy (non-hydrogen) atoms. The lowest BCUT2D eigenvalue weighted by molar-refractivity contribution is -0.136. The first kappa shape index (κ1) is 20.3. The first-order valence-corrected chi connectivity index (χ1v) is 8.17. The molecule has 0 aliphatic rings. The van der Waals surface area contributed by atoms with Gasteiger partial charge in [0.25, 0.3) is 0 Å². The number of alkyl carbamates (subject to hydrolysis) is 1. The number of halogens is 1. The first-order chi connectivity index (χ1) is 12.9. The van der Waals surface area contributed by atoms with Crippen molar-refractivity contribution in [2.24, 2.45) is 0 Å². The summed E-state index contributed by atoms with van der Waals surface area (Å²) < 4.78 is 19.0. The van der Waals surface area contributed by atoms with E-state index in [1.807, 2.05) is 6.07 Å². The number of rotatable bonds is 8. The van der Waals surface area contributed by atoms with Gasteiger partial charge in [0.15, 0.2) is 0 Å². The summed E-state index contributed by atoms with van der Waals surface area (Å²) in [6.07, 6.45) is -4.22. The van der Waals surface area contributed by atoms with Crippen molar-refractivity contribution in [2.45, 2.75) is 25.2 Å². The Bertz CT molecular complexity index is 783.